The number of carbonyl (C=O) groups is 1. The molecule has 3 N–H and O–H groups in total. The zero-order valence-electron chi connectivity index (χ0n) is 13.4. The van der Waals surface area contributed by atoms with Gasteiger partial charge in [-0.15, -0.1) is 0 Å². The normalized spacial score (nSPS) is 27.9. The Morgan fingerprint density at radius 3 is 2.82 bits per heavy atom. The van der Waals surface area contributed by atoms with E-state index in [4.69, 9.17) is 5.73 Å². The molecule has 0 aliphatic carbocycles. The highest BCUT2D eigenvalue weighted by molar-refractivity contribution is 5.79. The molecule has 0 spiro atoms. The molecule has 2 saturated heterocycles. The molecular formula is C18H27N3O. The van der Waals surface area contributed by atoms with Gasteiger partial charge in [-0.05, 0) is 37.8 Å². The van der Waals surface area contributed by atoms with E-state index < -0.39 is 0 Å². The number of nitrogens with one attached hydrogen (secondary N) is 1. The van der Waals surface area contributed by atoms with Crippen molar-refractivity contribution in [1.82, 2.24) is 10.2 Å². The predicted octanol–water partition coefficient (Wildman–Crippen LogP) is 2.07. The van der Waals surface area contributed by atoms with E-state index in [0.29, 0.717) is 12.1 Å². The molecule has 1 aromatic rings. The van der Waals surface area contributed by atoms with E-state index in [2.05, 4.69) is 10.2 Å². The smallest absolute Gasteiger partial charge is 0.224 e. The summed E-state index contributed by atoms with van der Waals surface area (Å²) < 4.78 is 0. The summed E-state index contributed by atoms with van der Waals surface area (Å²) in [5.74, 6) is -0.114. The lowest BCUT2D eigenvalue weighted by atomic mass is 9.93. The summed E-state index contributed by atoms with van der Waals surface area (Å²) in [6.07, 6.45) is 4.75. The number of nitrogens with zero attached hydrogens (tertiary/aromatic N) is 1. The number of fused-ring (bicyclic) bond motifs is 1. The third kappa shape index (κ3) is 3.33. The molecule has 0 saturated carbocycles. The molecule has 2 aliphatic rings. The molecule has 1 amide bonds. The number of piperidine rings is 1. The second-order valence-corrected chi connectivity index (χ2v) is 6.79. The molecule has 0 aromatic heterocycles. The lowest BCUT2D eigenvalue weighted by molar-refractivity contribution is -0.126. The first-order valence-electron chi connectivity index (χ1n) is 8.50. The van der Waals surface area contributed by atoms with Crippen LogP contribution in [0.2, 0.25) is 0 Å². The van der Waals surface area contributed by atoms with Crippen molar-refractivity contribution in [3.63, 3.8) is 0 Å². The first kappa shape index (κ1) is 15.5. The van der Waals surface area contributed by atoms with Crippen LogP contribution in [0.4, 0.5) is 0 Å². The minimum absolute atomic E-state index is 0.0906. The Labute approximate surface area is 133 Å². The van der Waals surface area contributed by atoms with Crippen LogP contribution in [0.15, 0.2) is 30.3 Å². The van der Waals surface area contributed by atoms with Crippen molar-refractivity contribution >= 4 is 5.91 Å². The van der Waals surface area contributed by atoms with Crippen molar-refractivity contribution in [2.75, 3.05) is 13.1 Å². The summed E-state index contributed by atoms with van der Waals surface area (Å²) in [5, 5.41) is 3.24. The topological polar surface area (TPSA) is 58.4 Å². The zero-order valence-corrected chi connectivity index (χ0v) is 13.4. The summed E-state index contributed by atoms with van der Waals surface area (Å²) in [6, 6.07) is 10.6. The maximum absolute atomic E-state index is 12.5. The SMILES string of the molecule is CC(C(=O)NC1CCN2CCCC2C1)C(N)c1ccccc1. The maximum Gasteiger partial charge on any atom is 0.224 e. The van der Waals surface area contributed by atoms with Gasteiger partial charge in [0.25, 0.3) is 0 Å². The predicted molar refractivity (Wildman–Crippen MR) is 88.3 cm³/mol. The van der Waals surface area contributed by atoms with Gasteiger partial charge in [-0.2, -0.15) is 0 Å². The van der Waals surface area contributed by atoms with Gasteiger partial charge < -0.3 is 16.0 Å². The Hall–Kier alpha value is -1.39. The lowest BCUT2D eigenvalue weighted by Gasteiger charge is -2.35. The van der Waals surface area contributed by atoms with Crippen molar-refractivity contribution in [1.29, 1.82) is 0 Å². The van der Waals surface area contributed by atoms with Crippen LogP contribution in [0.3, 0.4) is 0 Å². The summed E-state index contributed by atoms with van der Waals surface area (Å²) in [4.78, 5) is 15.1. The van der Waals surface area contributed by atoms with Crippen LogP contribution in [0.5, 0.6) is 0 Å². The Balaban J connectivity index is 1.55. The summed E-state index contributed by atoms with van der Waals surface area (Å²) >= 11 is 0. The largest absolute Gasteiger partial charge is 0.353 e. The van der Waals surface area contributed by atoms with Crippen LogP contribution in [-0.2, 0) is 4.79 Å². The second kappa shape index (κ2) is 6.80. The Kier molecular flexibility index (Phi) is 4.79. The quantitative estimate of drug-likeness (QED) is 0.895. The van der Waals surface area contributed by atoms with E-state index in [-0.39, 0.29) is 17.9 Å². The molecule has 4 unspecified atom stereocenters. The van der Waals surface area contributed by atoms with Crippen molar-refractivity contribution in [2.24, 2.45) is 11.7 Å². The number of amides is 1. The molecule has 2 heterocycles. The van der Waals surface area contributed by atoms with E-state index >= 15 is 0 Å². The fourth-order valence-corrected chi connectivity index (χ4v) is 3.82. The van der Waals surface area contributed by atoms with Gasteiger partial charge in [0.05, 0.1) is 5.92 Å². The molecule has 4 heteroatoms. The number of carbonyl (C=O) groups excluding carboxylic acids is 1. The number of hydrogen-bond donors (Lipinski definition) is 2. The van der Waals surface area contributed by atoms with Gasteiger partial charge in [-0.1, -0.05) is 37.3 Å². The Morgan fingerprint density at radius 1 is 1.27 bits per heavy atom. The zero-order chi connectivity index (χ0) is 15.5. The van der Waals surface area contributed by atoms with Gasteiger partial charge >= 0.3 is 0 Å². The number of nitrogens with two attached hydrogens (primary N) is 1. The Morgan fingerprint density at radius 2 is 2.05 bits per heavy atom. The Bertz CT molecular complexity index is 504. The first-order chi connectivity index (χ1) is 10.6. The third-order valence-corrected chi connectivity index (χ3v) is 5.30. The maximum atomic E-state index is 12.5. The van der Waals surface area contributed by atoms with Crippen molar-refractivity contribution < 1.29 is 4.79 Å². The summed E-state index contributed by atoms with van der Waals surface area (Å²) in [7, 11) is 0. The average Bonchev–Trinajstić information content (AvgIpc) is 3.02. The molecule has 2 fully saturated rings. The average molecular weight is 301 g/mol. The van der Waals surface area contributed by atoms with Gasteiger partial charge in [0, 0.05) is 24.7 Å². The highest BCUT2D eigenvalue weighted by Gasteiger charge is 2.33. The van der Waals surface area contributed by atoms with Crippen LogP contribution in [0.25, 0.3) is 0 Å². The van der Waals surface area contributed by atoms with E-state index in [0.717, 1.165) is 24.9 Å². The molecule has 2 aliphatic heterocycles. The van der Waals surface area contributed by atoms with Crippen LogP contribution in [0.1, 0.15) is 44.2 Å². The molecule has 0 bridgehead atoms. The fourth-order valence-electron chi connectivity index (χ4n) is 3.82. The van der Waals surface area contributed by atoms with Crippen molar-refractivity contribution in [3.05, 3.63) is 35.9 Å². The highest BCUT2D eigenvalue weighted by atomic mass is 16.2. The molecule has 3 rings (SSSR count). The molecule has 0 radical (unpaired) electrons. The van der Waals surface area contributed by atoms with E-state index in [9.17, 15) is 4.79 Å². The lowest BCUT2D eigenvalue weighted by Crippen LogP contribution is -2.49. The molecule has 22 heavy (non-hydrogen) atoms. The van der Waals surface area contributed by atoms with Gasteiger partial charge in [0.2, 0.25) is 5.91 Å². The molecular weight excluding hydrogens is 274 g/mol. The van der Waals surface area contributed by atoms with Gasteiger partial charge in [0.15, 0.2) is 0 Å². The first-order valence-corrected chi connectivity index (χ1v) is 8.50. The number of hydrogen-bond acceptors (Lipinski definition) is 3. The number of benzene rings is 1. The second-order valence-electron chi connectivity index (χ2n) is 6.79. The summed E-state index contributed by atoms with van der Waals surface area (Å²) in [5.41, 5.74) is 7.28. The highest BCUT2D eigenvalue weighted by Crippen LogP contribution is 2.27. The van der Waals surface area contributed by atoms with Crippen LogP contribution >= 0.6 is 0 Å². The molecule has 1 aromatic carbocycles. The van der Waals surface area contributed by atoms with Crippen LogP contribution in [-0.4, -0.2) is 36.0 Å². The van der Waals surface area contributed by atoms with Crippen molar-refractivity contribution in [2.45, 2.75) is 50.7 Å². The van der Waals surface area contributed by atoms with Crippen LogP contribution in [0, 0.1) is 5.92 Å². The minimum Gasteiger partial charge on any atom is -0.353 e. The van der Waals surface area contributed by atoms with Gasteiger partial charge in [-0.25, -0.2) is 0 Å². The van der Waals surface area contributed by atoms with E-state index in [1.165, 1.54) is 19.4 Å². The fraction of sp³-hybridized carbons (Fsp3) is 0.611. The number of rotatable bonds is 4. The monoisotopic (exact) mass is 301 g/mol. The molecule has 4 nitrogen and oxygen atoms in total. The molecule has 120 valence electrons. The third-order valence-electron chi connectivity index (χ3n) is 5.30. The van der Waals surface area contributed by atoms with Gasteiger partial charge in [0.1, 0.15) is 0 Å². The molecule has 4 atom stereocenters. The standard InChI is InChI=1S/C18H27N3O/c1-13(17(19)14-6-3-2-4-7-14)18(22)20-15-9-11-21-10-5-8-16(21)12-15/h2-4,6-7,13,15-17H,5,8-12,19H2,1H3,(H,20,22). The van der Waals surface area contributed by atoms with E-state index in [1.54, 1.807) is 0 Å². The summed E-state index contributed by atoms with van der Waals surface area (Å²) in [6.45, 7) is 4.28. The minimum atomic E-state index is -0.243. The van der Waals surface area contributed by atoms with Crippen LogP contribution < -0.4 is 11.1 Å². The van der Waals surface area contributed by atoms with Crippen molar-refractivity contribution in [3.8, 4) is 0 Å². The van der Waals surface area contributed by atoms with E-state index in [1.807, 2.05) is 37.3 Å². The van der Waals surface area contributed by atoms with Gasteiger partial charge in [-0.3, -0.25) is 4.79 Å².